The van der Waals surface area contributed by atoms with Gasteiger partial charge < -0.3 is 20.3 Å². The van der Waals surface area contributed by atoms with Crippen LogP contribution in [0.2, 0.25) is 0 Å². The standard InChI is InChI=1S/C29H31FN6O4/c1-34(2)20-11-15-35(18-20)28(39)33-25-17-22(10-14-32-25)40-21-8-9-24(23(30)16-21)36(19-6-4-3-5-7-19)27(38)29(12-13-29)26(31)37/h3-10,14,16-17,20H,11-13,15,18H2,1-2H3,(H2,31,37)(H,32,33,39)/t20-/m0/s1. The SMILES string of the molecule is CN(C)[C@H]1CCN(C(=O)Nc2cc(Oc3ccc(N(C(=O)C4(C(N)=O)CC4)c4ccccc4)c(F)c3)ccn2)C1. The molecule has 1 aromatic heterocycles. The lowest BCUT2D eigenvalue weighted by Crippen LogP contribution is -2.41. The van der Waals surface area contributed by atoms with Crippen molar-refractivity contribution in [3.63, 3.8) is 0 Å². The van der Waals surface area contributed by atoms with E-state index in [0.717, 1.165) is 12.5 Å². The average Bonchev–Trinajstić information content (AvgIpc) is 3.60. The van der Waals surface area contributed by atoms with Gasteiger partial charge >= 0.3 is 6.03 Å². The number of hydrogen-bond acceptors (Lipinski definition) is 6. The predicted octanol–water partition coefficient (Wildman–Crippen LogP) is 4.11. The zero-order chi connectivity index (χ0) is 28.4. The number of rotatable bonds is 8. The number of likely N-dealkylation sites (N-methyl/N-ethyl adjacent to an activating group) is 1. The molecule has 2 aliphatic rings. The summed E-state index contributed by atoms with van der Waals surface area (Å²) in [4.78, 5) is 47.4. The highest BCUT2D eigenvalue weighted by Crippen LogP contribution is 2.49. The van der Waals surface area contributed by atoms with Crippen LogP contribution in [0.25, 0.3) is 0 Å². The maximum atomic E-state index is 15.5. The van der Waals surface area contributed by atoms with Gasteiger partial charge in [0.1, 0.15) is 22.7 Å². The van der Waals surface area contributed by atoms with Gasteiger partial charge in [0.25, 0.3) is 0 Å². The number of primary amides is 1. The maximum absolute atomic E-state index is 15.5. The third kappa shape index (κ3) is 5.46. The van der Waals surface area contributed by atoms with Crippen molar-refractivity contribution in [1.82, 2.24) is 14.8 Å². The molecule has 11 heteroatoms. The molecule has 1 saturated heterocycles. The average molecular weight is 547 g/mol. The molecule has 0 radical (unpaired) electrons. The number of carbonyl (C=O) groups excluding carboxylic acids is 3. The molecule has 5 rings (SSSR count). The molecule has 1 aliphatic heterocycles. The van der Waals surface area contributed by atoms with E-state index in [-0.39, 0.29) is 17.5 Å². The molecular formula is C29H31FN6O4. The van der Waals surface area contributed by atoms with E-state index in [4.69, 9.17) is 10.5 Å². The first-order chi connectivity index (χ1) is 19.2. The van der Waals surface area contributed by atoms with Crippen molar-refractivity contribution in [3.8, 4) is 11.5 Å². The summed E-state index contributed by atoms with van der Waals surface area (Å²) in [5.74, 6) is -1.19. The zero-order valence-electron chi connectivity index (χ0n) is 22.3. The minimum absolute atomic E-state index is 0.0274. The van der Waals surface area contributed by atoms with Crippen LogP contribution in [0.3, 0.4) is 0 Å². The van der Waals surface area contributed by atoms with Crippen LogP contribution in [-0.2, 0) is 9.59 Å². The smallest absolute Gasteiger partial charge is 0.323 e. The minimum atomic E-state index is -1.34. The Bertz CT molecular complexity index is 1430. The fourth-order valence-corrected chi connectivity index (χ4v) is 4.80. The first kappa shape index (κ1) is 27.1. The second-order valence-corrected chi connectivity index (χ2v) is 10.3. The maximum Gasteiger partial charge on any atom is 0.323 e. The fourth-order valence-electron chi connectivity index (χ4n) is 4.80. The summed E-state index contributed by atoms with van der Waals surface area (Å²) in [5, 5.41) is 2.79. The normalized spacial score (nSPS) is 17.4. The summed E-state index contributed by atoms with van der Waals surface area (Å²) >= 11 is 0. The van der Waals surface area contributed by atoms with Crippen LogP contribution in [0, 0.1) is 11.2 Å². The number of nitrogens with one attached hydrogen (secondary N) is 1. The summed E-state index contributed by atoms with van der Waals surface area (Å²) in [5.41, 5.74) is 4.59. The van der Waals surface area contributed by atoms with Crippen molar-refractivity contribution in [2.24, 2.45) is 11.1 Å². The lowest BCUT2D eigenvalue weighted by molar-refractivity contribution is -0.133. The summed E-state index contributed by atoms with van der Waals surface area (Å²) in [6, 6.07) is 15.8. The molecule has 2 heterocycles. The molecule has 1 saturated carbocycles. The number of para-hydroxylation sites is 1. The van der Waals surface area contributed by atoms with E-state index in [1.54, 1.807) is 47.4 Å². The highest BCUT2D eigenvalue weighted by molar-refractivity contribution is 6.16. The molecule has 10 nitrogen and oxygen atoms in total. The Morgan fingerprint density at radius 3 is 2.42 bits per heavy atom. The predicted molar refractivity (Wildman–Crippen MR) is 148 cm³/mol. The summed E-state index contributed by atoms with van der Waals surface area (Å²) < 4.78 is 21.3. The minimum Gasteiger partial charge on any atom is -0.457 e. The van der Waals surface area contributed by atoms with Crippen molar-refractivity contribution >= 4 is 35.0 Å². The van der Waals surface area contributed by atoms with E-state index in [1.807, 2.05) is 14.1 Å². The highest BCUT2D eigenvalue weighted by Gasteiger charge is 2.57. The van der Waals surface area contributed by atoms with E-state index in [9.17, 15) is 14.4 Å². The van der Waals surface area contributed by atoms with Gasteiger partial charge in [-0.3, -0.25) is 19.8 Å². The largest absolute Gasteiger partial charge is 0.457 e. The van der Waals surface area contributed by atoms with Crippen molar-refractivity contribution in [1.29, 1.82) is 0 Å². The van der Waals surface area contributed by atoms with Gasteiger partial charge in [-0.15, -0.1) is 0 Å². The third-order valence-electron chi connectivity index (χ3n) is 7.39. The Labute approximate surface area is 231 Å². The van der Waals surface area contributed by atoms with Gasteiger partial charge in [0.2, 0.25) is 11.8 Å². The Morgan fingerprint density at radius 1 is 1.07 bits per heavy atom. The second kappa shape index (κ2) is 10.9. The molecule has 3 N–H and O–H groups in total. The number of aromatic nitrogens is 1. The molecular weight excluding hydrogens is 515 g/mol. The summed E-state index contributed by atoms with van der Waals surface area (Å²) in [6.45, 7) is 1.28. The lowest BCUT2D eigenvalue weighted by atomic mass is 10.0. The number of nitrogens with two attached hydrogens (primary N) is 1. The monoisotopic (exact) mass is 546 g/mol. The Kier molecular flexibility index (Phi) is 7.40. The number of ether oxygens (including phenoxy) is 1. The molecule has 3 aromatic rings. The van der Waals surface area contributed by atoms with E-state index < -0.39 is 23.0 Å². The summed E-state index contributed by atoms with van der Waals surface area (Å²) in [7, 11) is 3.98. The zero-order valence-corrected chi connectivity index (χ0v) is 22.3. The van der Waals surface area contributed by atoms with Crippen LogP contribution in [0.15, 0.2) is 66.9 Å². The van der Waals surface area contributed by atoms with Gasteiger partial charge in [-0.05, 0) is 63.7 Å². The van der Waals surface area contributed by atoms with Crippen LogP contribution < -0.4 is 20.7 Å². The fraction of sp³-hybridized carbons (Fsp3) is 0.310. The van der Waals surface area contributed by atoms with E-state index >= 15 is 4.39 Å². The number of hydrogen-bond donors (Lipinski definition) is 2. The second-order valence-electron chi connectivity index (χ2n) is 10.3. The number of urea groups is 1. The van der Waals surface area contributed by atoms with Gasteiger partial charge in [-0.2, -0.15) is 0 Å². The topological polar surface area (TPSA) is 121 Å². The third-order valence-corrected chi connectivity index (χ3v) is 7.39. The van der Waals surface area contributed by atoms with Gasteiger partial charge in [0, 0.05) is 43.1 Å². The lowest BCUT2D eigenvalue weighted by Gasteiger charge is -2.27. The summed E-state index contributed by atoms with van der Waals surface area (Å²) in [6.07, 6.45) is 3.02. The number of amides is 4. The van der Waals surface area contributed by atoms with E-state index in [2.05, 4.69) is 15.2 Å². The quantitative estimate of drug-likeness (QED) is 0.410. The van der Waals surface area contributed by atoms with Crippen LogP contribution in [0.5, 0.6) is 11.5 Å². The van der Waals surface area contributed by atoms with E-state index in [0.29, 0.717) is 49.2 Å². The van der Waals surface area contributed by atoms with Crippen molar-refractivity contribution < 1.29 is 23.5 Å². The molecule has 2 fully saturated rings. The first-order valence-electron chi connectivity index (χ1n) is 13.0. The van der Waals surface area contributed by atoms with Gasteiger partial charge in [-0.1, -0.05) is 18.2 Å². The van der Waals surface area contributed by atoms with Crippen molar-refractivity contribution in [2.75, 3.05) is 37.4 Å². The molecule has 208 valence electrons. The van der Waals surface area contributed by atoms with Crippen LogP contribution in [0.4, 0.5) is 26.4 Å². The molecule has 0 unspecified atom stereocenters. The molecule has 2 aromatic carbocycles. The van der Waals surface area contributed by atoms with Crippen LogP contribution >= 0.6 is 0 Å². The number of halogens is 1. The molecule has 1 aliphatic carbocycles. The van der Waals surface area contributed by atoms with Gasteiger partial charge in [-0.25, -0.2) is 14.2 Å². The first-order valence-corrected chi connectivity index (χ1v) is 13.0. The number of likely N-dealkylation sites (tertiary alicyclic amines) is 1. The van der Waals surface area contributed by atoms with E-state index in [1.165, 1.54) is 23.2 Å². The number of carbonyl (C=O) groups is 3. The Hall–Kier alpha value is -4.51. The Balaban J connectivity index is 1.33. The highest BCUT2D eigenvalue weighted by atomic mass is 19.1. The molecule has 1 atom stereocenters. The number of nitrogens with zero attached hydrogens (tertiary/aromatic N) is 4. The van der Waals surface area contributed by atoms with Crippen LogP contribution in [0.1, 0.15) is 19.3 Å². The Morgan fingerprint density at radius 2 is 1.80 bits per heavy atom. The van der Waals surface area contributed by atoms with Crippen molar-refractivity contribution in [2.45, 2.75) is 25.3 Å². The number of pyridine rings is 1. The van der Waals surface area contributed by atoms with Gasteiger partial charge in [0.15, 0.2) is 5.82 Å². The molecule has 4 amide bonds. The molecule has 40 heavy (non-hydrogen) atoms. The van der Waals surface area contributed by atoms with Gasteiger partial charge in [0.05, 0.1) is 5.69 Å². The molecule has 0 bridgehead atoms. The number of benzene rings is 2. The van der Waals surface area contributed by atoms with Crippen LogP contribution in [-0.4, -0.2) is 65.9 Å². The molecule has 0 spiro atoms. The van der Waals surface area contributed by atoms with Crippen molar-refractivity contribution in [3.05, 3.63) is 72.7 Å². The number of anilines is 3.